The Labute approximate surface area is 118 Å². The molecule has 1 atom stereocenters. The summed E-state index contributed by atoms with van der Waals surface area (Å²) in [5.74, 6) is 0.787. The van der Waals surface area contributed by atoms with E-state index in [2.05, 4.69) is 24.3 Å². The van der Waals surface area contributed by atoms with Crippen molar-refractivity contribution in [3.63, 3.8) is 0 Å². The monoisotopic (exact) mass is 267 g/mol. The zero-order valence-corrected chi connectivity index (χ0v) is 11.2. The molecule has 1 heterocycles. The number of hydrogen-bond donors (Lipinski definition) is 1. The molecule has 2 aromatic rings. The quantitative estimate of drug-likeness (QED) is 0.929. The third kappa shape index (κ3) is 2.52. The molecule has 2 N–H and O–H groups in total. The highest BCUT2D eigenvalue weighted by molar-refractivity contribution is 5.75. The summed E-state index contributed by atoms with van der Waals surface area (Å²) in [7, 11) is 0. The van der Waals surface area contributed by atoms with Gasteiger partial charge < -0.3 is 10.5 Å². The van der Waals surface area contributed by atoms with Gasteiger partial charge in [0.25, 0.3) is 0 Å². The molecule has 1 aliphatic rings. The van der Waals surface area contributed by atoms with E-state index < -0.39 is 0 Å². The van der Waals surface area contributed by atoms with Crippen molar-refractivity contribution in [2.45, 2.75) is 18.8 Å². The molecule has 2 aromatic carbocycles. The third-order valence-electron chi connectivity index (χ3n) is 3.73. The van der Waals surface area contributed by atoms with Crippen LogP contribution in [0.1, 0.15) is 24.3 Å². The summed E-state index contributed by atoms with van der Waals surface area (Å²) in [5, 5.41) is 0. The Bertz CT molecular complexity index is 622. The lowest BCUT2D eigenvalue weighted by molar-refractivity contribution is -0.118. The number of hydrogen-bond acceptors (Lipinski definition) is 2. The summed E-state index contributed by atoms with van der Waals surface area (Å²) < 4.78 is 5.67. The number of nitrogens with two attached hydrogens (primary N) is 1. The molecule has 0 aliphatic carbocycles. The molecule has 3 heteroatoms. The molecule has 1 amide bonds. The second kappa shape index (κ2) is 5.37. The number of benzene rings is 2. The molecule has 0 fully saturated rings. The summed E-state index contributed by atoms with van der Waals surface area (Å²) in [6.45, 7) is 0.648. The van der Waals surface area contributed by atoms with Crippen molar-refractivity contribution in [3.8, 4) is 16.9 Å². The van der Waals surface area contributed by atoms with E-state index in [0.717, 1.165) is 23.3 Å². The average molecular weight is 267 g/mol. The minimum absolute atomic E-state index is 0.167. The highest BCUT2D eigenvalue weighted by atomic mass is 16.5. The Morgan fingerprint density at radius 1 is 1.15 bits per heavy atom. The predicted octanol–water partition coefficient (Wildman–Crippen LogP) is 3.10. The average Bonchev–Trinajstić information content (AvgIpc) is 2.47. The van der Waals surface area contributed by atoms with Crippen LogP contribution in [0.25, 0.3) is 11.1 Å². The van der Waals surface area contributed by atoms with Gasteiger partial charge in [-0.1, -0.05) is 36.4 Å². The molecule has 3 rings (SSSR count). The van der Waals surface area contributed by atoms with E-state index in [1.165, 1.54) is 5.56 Å². The van der Waals surface area contributed by atoms with Gasteiger partial charge in [0.15, 0.2) is 0 Å². The minimum Gasteiger partial charge on any atom is -0.493 e. The largest absolute Gasteiger partial charge is 0.493 e. The van der Waals surface area contributed by atoms with Gasteiger partial charge in [0.2, 0.25) is 5.91 Å². The first-order chi connectivity index (χ1) is 9.74. The second-order valence-corrected chi connectivity index (χ2v) is 5.12. The van der Waals surface area contributed by atoms with Crippen molar-refractivity contribution >= 4 is 5.91 Å². The first-order valence-corrected chi connectivity index (χ1v) is 6.84. The molecule has 102 valence electrons. The fraction of sp³-hybridized carbons (Fsp3) is 0.235. The SMILES string of the molecule is NC(=O)CC1CCOc2ccc(-c3ccccc3)cc21. The maximum absolute atomic E-state index is 11.2. The van der Waals surface area contributed by atoms with Gasteiger partial charge in [0.05, 0.1) is 6.61 Å². The van der Waals surface area contributed by atoms with Crippen LogP contribution in [0.4, 0.5) is 0 Å². The number of ether oxygens (including phenoxy) is 1. The third-order valence-corrected chi connectivity index (χ3v) is 3.73. The van der Waals surface area contributed by atoms with Crippen molar-refractivity contribution in [3.05, 3.63) is 54.1 Å². The number of fused-ring (bicyclic) bond motifs is 1. The van der Waals surface area contributed by atoms with Crippen LogP contribution in [0.5, 0.6) is 5.75 Å². The van der Waals surface area contributed by atoms with Crippen LogP contribution in [0, 0.1) is 0 Å². The minimum atomic E-state index is -0.257. The van der Waals surface area contributed by atoms with E-state index in [-0.39, 0.29) is 11.8 Å². The Kier molecular flexibility index (Phi) is 3.42. The van der Waals surface area contributed by atoms with Crippen molar-refractivity contribution in [1.82, 2.24) is 0 Å². The standard InChI is InChI=1S/C17H17NO2/c18-17(19)11-14-8-9-20-16-7-6-13(10-15(14)16)12-4-2-1-3-5-12/h1-7,10,14H,8-9,11H2,(H2,18,19). The van der Waals surface area contributed by atoms with E-state index in [9.17, 15) is 4.79 Å². The number of carbonyl (C=O) groups is 1. The Morgan fingerprint density at radius 2 is 1.95 bits per heavy atom. The fourth-order valence-electron chi connectivity index (χ4n) is 2.73. The smallest absolute Gasteiger partial charge is 0.218 e. The lowest BCUT2D eigenvalue weighted by atomic mass is 9.88. The number of amides is 1. The molecule has 0 spiro atoms. The van der Waals surface area contributed by atoms with Crippen molar-refractivity contribution in [2.24, 2.45) is 5.73 Å². The number of carbonyl (C=O) groups excluding carboxylic acids is 1. The van der Waals surface area contributed by atoms with Crippen molar-refractivity contribution in [1.29, 1.82) is 0 Å². The van der Waals surface area contributed by atoms with Gasteiger partial charge in [-0.2, -0.15) is 0 Å². The maximum Gasteiger partial charge on any atom is 0.218 e. The highest BCUT2D eigenvalue weighted by Crippen LogP contribution is 2.38. The summed E-state index contributed by atoms with van der Waals surface area (Å²) in [4.78, 5) is 11.2. The molecule has 20 heavy (non-hydrogen) atoms. The number of primary amides is 1. The van der Waals surface area contributed by atoms with Gasteiger partial charge >= 0.3 is 0 Å². The van der Waals surface area contributed by atoms with Gasteiger partial charge in [-0.15, -0.1) is 0 Å². The van der Waals surface area contributed by atoms with E-state index in [4.69, 9.17) is 10.5 Å². The molecule has 0 bridgehead atoms. The fourth-order valence-corrected chi connectivity index (χ4v) is 2.73. The topological polar surface area (TPSA) is 52.3 Å². The van der Waals surface area contributed by atoms with Crippen LogP contribution >= 0.6 is 0 Å². The number of rotatable bonds is 3. The summed E-state index contributed by atoms with van der Waals surface area (Å²) in [5.41, 5.74) is 8.75. The highest BCUT2D eigenvalue weighted by Gasteiger charge is 2.23. The van der Waals surface area contributed by atoms with E-state index in [1.807, 2.05) is 24.3 Å². The van der Waals surface area contributed by atoms with Gasteiger partial charge in [0.1, 0.15) is 5.75 Å². The molecular formula is C17H17NO2. The predicted molar refractivity (Wildman–Crippen MR) is 78.5 cm³/mol. The zero-order chi connectivity index (χ0) is 13.9. The van der Waals surface area contributed by atoms with Crippen molar-refractivity contribution in [2.75, 3.05) is 6.61 Å². The van der Waals surface area contributed by atoms with Crippen LogP contribution in [-0.4, -0.2) is 12.5 Å². The van der Waals surface area contributed by atoms with Crippen LogP contribution in [-0.2, 0) is 4.79 Å². The van der Waals surface area contributed by atoms with E-state index in [0.29, 0.717) is 13.0 Å². The van der Waals surface area contributed by atoms with E-state index in [1.54, 1.807) is 0 Å². The molecule has 3 nitrogen and oxygen atoms in total. The van der Waals surface area contributed by atoms with Crippen LogP contribution < -0.4 is 10.5 Å². The van der Waals surface area contributed by atoms with Gasteiger partial charge in [-0.25, -0.2) is 0 Å². The molecular weight excluding hydrogens is 250 g/mol. The maximum atomic E-state index is 11.2. The van der Waals surface area contributed by atoms with Crippen molar-refractivity contribution < 1.29 is 9.53 Å². The van der Waals surface area contributed by atoms with Crippen LogP contribution in [0.15, 0.2) is 48.5 Å². The van der Waals surface area contributed by atoms with E-state index >= 15 is 0 Å². The summed E-state index contributed by atoms with van der Waals surface area (Å²) in [6, 6.07) is 16.4. The lowest BCUT2D eigenvalue weighted by Gasteiger charge is -2.25. The van der Waals surface area contributed by atoms with Gasteiger partial charge in [0, 0.05) is 6.42 Å². The normalized spacial score (nSPS) is 17.1. The zero-order valence-electron chi connectivity index (χ0n) is 11.2. The second-order valence-electron chi connectivity index (χ2n) is 5.12. The summed E-state index contributed by atoms with van der Waals surface area (Å²) in [6.07, 6.45) is 1.22. The summed E-state index contributed by atoms with van der Waals surface area (Å²) >= 11 is 0. The first-order valence-electron chi connectivity index (χ1n) is 6.84. The Hall–Kier alpha value is -2.29. The Morgan fingerprint density at radius 3 is 2.70 bits per heavy atom. The van der Waals surface area contributed by atoms with Crippen LogP contribution in [0.3, 0.4) is 0 Å². The molecule has 0 saturated carbocycles. The van der Waals surface area contributed by atoms with Gasteiger partial charge in [-0.3, -0.25) is 4.79 Å². The first kappa shape index (κ1) is 12.7. The lowest BCUT2D eigenvalue weighted by Crippen LogP contribution is -2.20. The molecule has 0 aromatic heterocycles. The Balaban J connectivity index is 1.99. The molecule has 0 radical (unpaired) electrons. The molecule has 1 aliphatic heterocycles. The molecule has 0 saturated heterocycles. The van der Waals surface area contributed by atoms with Gasteiger partial charge in [-0.05, 0) is 41.2 Å². The van der Waals surface area contributed by atoms with Crippen LogP contribution in [0.2, 0.25) is 0 Å². The molecule has 1 unspecified atom stereocenters.